The molecule has 0 radical (unpaired) electrons. The maximum absolute atomic E-state index is 12.6. The Balaban J connectivity index is 1.54. The van der Waals surface area contributed by atoms with Crippen LogP contribution in [-0.4, -0.2) is 38.8 Å². The Morgan fingerprint density at radius 3 is 2.75 bits per heavy atom. The second kappa shape index (κ2) is 7.98. The number of nitrogens with one attached hydrogen (secondary N) is 1. The van der Waals surface area contributed by atoms with Gasteiger partial charge in [-0.25, -0.2) is 0 Å². The zero-order chi connectivity index (χ0) is 16.9. The van der Waals surface area contributed by atoms with Gasteiger partial charge < -0.3 is 10.2 Å². The van der Waals surface area contributed by atoms with Crippen LogP contribution in [0.5, 0.6) is 0 Å². The number of aromatic nitrogens is 2. The monoisotopic (exact) mass is 362 g/mol. The van der Waals surface area contributed by atoms with Gasteiger partial charge in [0.1, 0.15) is 0 Å². The van der Waals surface area contributed by atoms with E-state index < -0.39 is 0 Å². The zero-order valence-electron chi connectivity index (χ0n) is 13.9. The average molecular weight is 363 g/mol. The summed E-state index contributed by atoms with van der Waals surface area (Å²) in [6, 6.07) is 10.8. The van der Waals surface area contributed by atoms with Gasteiger partial charge in [-0.2, -0.15) is 0 Å². The van der Waals surface area contributed by atoms with Gasteiger partial charge in [0.15, 0.2) is 4.34 Å². The molecule has 0 aliphatic heterocycles. The van der Waals surface area contributed by atoms with Crippen LogP contribution in [-0.2, 0) is 11.3 Å². The molecule has 1 heterocycles. The molecule has 1 aromatic heterocycles. The second-order valence-electron chi connectivity index (χ2n) is 6.18. The van der Waals surface area contributed by atoms with Crippen molar-refractivity contribution in [3.05, 3.63) is 35.9 Å². The summed E-state index contributed by atoms with van der Waals surface area (Å²) in [6.07, 6.45) is 2.42. The Hall–Kier alpha value is -1.60. The van der Waals surface area contributed by atoms with Gasteiger partial charge in [-0.1, -0.05) is 53.4 Å². The van der Waals surface area contributed by atoms with Crippen LogP contribution >= 0.6 is 23.1 Å². The molecule has 1 aliphatic carbocycles. The Kier molecular flexibility index (Phi) is 5.73. The van der Waals surface area contributed by atoms with Crippen LogP contribution in [0, 0.1) is 0 Å². The van der Waals surface area contributed by atoms with E-state index in [1.54, 1.807) is 0 Å². The molecule has 3 rings (SSSR count). The number of benzene rings is 1. The first-order chi connectivity index (χ1) is 11.6. The van der Waals surface area contributed by atoms with E-state index in [1.807, 2.05) is 36.9 Å². The summed E-state index contributed by atoms with van der Waals surface area (Å²) >= 11 is 2.99. The lowest BCUT2D eigenvalue weighted by Gasteiger charge is -2.26. The van der Waals surface area contributed by atoms with Crippen LogP contribution in [0.4, 0.5) is 5.13 Å². The summed E-state index contributed by atoms with van der Waals surface area (Å²) in [5.41, 5.74) is 1.15. The number of nitrogens with zero attached hydrogens (tertiary/aromatic N) is 3. The highest BCUT2D eigenvalue weighted by molar-refractivity contribution is 8.01. The number of amides is 1. The van der Waals surface area contributed by atoms with Gasteiger partial charge >= 0.3 is 0 Å². The first-order valence-electron chi connectivity index (χ1n) is 8.18. The third kappa shape index (κ3) is 4.95. The normalized spacial score (nSPS) is 14.0. The summed E-state index contributed by atoms with van der Waals surface area (Å²) in [6.45, 7) is 4.74. The molecule has 7 heteroatoms. The van der Waals surface area contributed by atoms with Crippen molar-refractivity contribution in [3.63, 3.8) is 0 Å². The predicted molar refractivity (Wildman–Crippen MR) is 99.4 cm³/mol. The third-order valence-corrected chi connectivity index (χ3v) is 5.74. The van der Waals surface area contributed by atoms with Crippen LogP contribution in [0.15, 0.2) is 34.7 Å². The van der Waals surface area contributed by atoms with Crippen molar-refractivity contribution in [1.82, 2.24) is 15.1 Å². The molecule has 1 aromatic carbocycles. The van der Waals surface area contributed by atoms with Crippen molar-refractivity contribution < 1.29 is 4.79 Å². The average Bonchev–Trinajstić information content (AvgIpc) is 3.27. The molecule has 5 nitrogen and oxygen atoms in total. The number of thioether (sulfide) groups is 1. The lowest BCUT2D eigenvalue weighted by molar-refractivity contribution is -0.130. The van der Waals surface area contributed by atoms with E-state index in [1.165, 1.54) is 35.9 Å². The lowest BCUT2D eigenvalue weighted by Crippen LogP contribution is -2.37. The van der Waals surface area contributed by atoms with Gasteiger partial charge in [-0.3, -0.25) is 4.79 Å². The second-order valence-corrected chi connectivity index (χ2v) is 8.38. The predicted octanol–water partition coefficient (Wildman–Crippen LogP) is 3.64. The summed E-state index contributed by atoms with van der Waals surface area (Å²) in [4.78, 5) is 14.5. The van der Waals surface area contributed by atoms with Gasteiger partial charge in [0.2, 0.25) is 11.0 Å². The lowest BCUT2D eigenvalue weighted by atomic mass is 10.2. The summed E-state index contributed by atoms with van der Waals surface area (Å²) in [5, 5.41) is 12.5. The first-order valence-corrected chi connectivity index (χ1v) is 9.98. The molecule has 128 valence electrons. The molecular formula is C17H22N4OS2. The van der Waals surface area contributed by atoms with E-state index >= 15 is 0 Å². The number of carbonyl (C=O) groups is 1. The molecule has 24 heavy (non-hydrogen) atoms. The third-order valence-electron chi connectivity index (χ3n) is 3.77. The van der Waals surface area contributed by atoms with Gasteiger partial charge in [0.05, 0.1) is 5.75 Å². The molecular weight excluding hydrogens is 340 g/mol. The SMILES string of the molecule is CC(C)N(Cc1ccccc1)C(=O)CSc1nnc(NC2CC2)s1. The smallest absolute Gasteiger partial charge is 0.233 e. The summed E-state index contributed by atoms with van der Waals surface area (Å²) in [5.74, 6) is 0.522. The van der Waals surface area contributed by atoms with E-state index in [9.17, 15) is 4.79 Å². The fourth-order valence-electron chi connectivity index (χ4n) is 2.27. The van der Waals surface area contributed by atoms with Crippen LogP contribution < -0.4 is 5.32 Å². The largest absolute Gasteiger partial charge is 0.357 e. The number of anilines is 1. The number of hydrogen-bond donors (Lipinski definition) is 1. The van der Waals surface area contributed by atoms with Crippen molar-refractivity contribution in [2.45, 2.75) is 49.7 Å². The minimum atomic E-state index is 0.130. The molecule has 0 atom stereocenters. The van der Waals surface area contributed by atoms with E-state index in [0.717, 1.165) is 15.0 Å². The van der Waals surface area contributed by atoms with E-state index in [0.29, 0.717) is 18.3 Å². The van der Waals surface area contributed by atoms with Crippen LogP contribution in [0.1, 0.15) is 32.3 Å². The standard InChI is InChI=1S/C17H22N4OS2/c1-12(2)21(10-13-6-4-3-5-7-13)15(22)11-23-17-20-19-16(24-17)18-14-8-9-14/h3-7,12,14H,8-11H2,1-2H3,(H,18,19). The number of hydrogen-bond acceptors (Lipinski definition) is 6. The molecule has 1 amide bonds. The Morgan fingerprint density at radius 2 is 2.08 bits per heavy atom. The van der Waals surface area contributed by atoms with E-state index in [2.05, 4.69) is 27.6 Å². The van der Waals surface area contributed by atoms with Gasteiger partial charge in [0.25, 0.3) is 0 Å². The fraction of sp³-hybridized carbons (Fsp3) is 0.471. The Labute approximate surface area is 150 Å². The Morgan fingerprint density at radius 1 is 1.33 bits per heavy atom. The maximum Gasteiger partial charge on any atom is 0.233 e. The van der Waals surface area contributed by atoms with E-state index in [4.69, 9.17) is 0 Å². The number of rotatable bonds is 8. The topological polar surface area (TPSA) is 58.1 Å². The van der Waals surface area contributed by atoms with Crippen LogP contribution in [0.2, 0.25) is 0 Å². The van der Waals surface area contributed by atoms with E-state index in [-0.39, 0.29) is 11.9 Å². The highest BCUT2D eigenvalue weighted by Gasteiger charge is 2.23. The molecule has 1 fully saturated rings. The Bertz CT molecular complexity index is 670. The first kappa shape index (κ1) is 17.2. The molecule has 0 unspecified atom stereocenters. The molecule has 1 N–H and O–H groups in total. The minimum absolute atomic E-state index is 0.130. The molecule has 1 aliphatic rings. The van der Waals surface area contributed by atoms with Gasteiger partial charge in [0, 0.05) is 18.6 Å². The van der Waals surface area contributed by atoms with Gasteiger partial charge in [-0.15, -0.1) is 10.2 Å². The number of carbonyl (C=O) groups excluding carboxylic acids is 1. The molecule has 1 saturated carbocycles. The fourth-order valence-corrected chi connectivity index (χ4v) is 3.99. The molecule has 0 saturated heterocycles. The van der Waals surface area contributed by atoms with Crippen molar-refractivity contribution in [2.75, 3.05) is 11.1 Å². The molecule has 0 bridgehead atoms. The summed E-state index contributed by atoms with van der Waals surface area (Å²) in [7, 11) is 0. The van der Waals surface area contributed by atoms with Crippen molar-refractivity contribution in [2.24, 2.45) is 0 Å². The van der Waals surface area contributed by atoms with Crippen LogP contribution in [0.25, 0.3) is 0 Å². The van der Waals surface area contributed by atoms with Gasteiger partial charge in [-0.05, 0) is 32.3 Å². The summed E-state index contributed by atoms with van der Waals surface area (Å²) < 4.78 is 0.843. The molecule has 0 spiro atoms. The molecule has 2 aromatic rings. The minimum Gasteiger partial charge on any atom is -0.357 e. The van der Waals surface area contributed by atoms with Crippen molar-refractivity contribution >= 4 is 34.1 Å². The maximum atomic E-state index is 12.6. The van der Waals surface area contributed by atoms with Crippen LogP contribution in [0.3, 0.4) is 0 Å². The zero-order valence-corrected chi connectivity index (χ0v) is 15.6. The highest BCUT2D eigenvalue weighted by Crippen LogP contribution is 2.30. The quantitative estimate of drug-likeness (QED) is 0.727. The highest BCUT2D eigenvalue weighted by atomic mass is 32.2. The van der Waals surface area contributed by atoms with Crippen molar-refractivity contribution in [1.29, 1.82) is 0 Å². The van der Waals surface area contributed by atoms with Crippen molar-refractivity contribution in [3.8, 4) is 0 Å².